The lowest BCUT2D eigenvalue weighted by molar-refractivity contribution is 0.0935. The van der Waals surface area contributed by atoms with E-state index in [1.54, 1.807) is 0 Å². The van der Waals surface area contributed by atoms with Gasteiger partial charge in [0.1, 0.15) is 0 Å². The van der Waals surface area contributed by atoms with Crippen molar-refractivity contribution in [2.24, 2.45) is 0 Å². The zero-order valence-corrected chi connectivity index (χ0v) is 11.8. The number of carbonyl (C=O) groups excluding carboxylic acids is 1. The quantitative estimate of drug-likeness (QED) is 0.778. The third-order valence-electron chi connectivity index (χ3n) is 3.66. The molecule has 1 saturated heterocycles. The molecule has 0 N–H and O–H groups in total. The lowest BCUT2D eigenvalue weighted by Crippen LogP contribution is -2.38. The van der Waals surface area contributed by atoms with Crippen molar-refractivity contribution in [2.45, 2.75) is 38.6 Å². The molecule has 1 aliphatic heterocycles. The number of ketones is 1. The summed E-state index contributed by atoms with van der Waals surface area (Å²) in [7, 11) is 0. The topological polar surface area (TPSA) is 20.3 Å². The van der Waals surface area contributed by atoms with Crippen LogP contribution in [0.15, 0.2) is 30.3 Å². The van der Waals surface area contributed by atoms with Crippen LogP contribution in [0.25, 0.3) is 0 Å². The van der Waals surface area contributed by atoms with Crippen LogP contribution in [0.2, 0.25) is 0 Å². The highest BCUT2D eigenvalue weighted by molar-refractivity contribution is 5.96. The molecule has 0 saturated carbocycles. The second-order valence-corrected chi connectivity index (χ2v) is 4.92. The van der Waals surface area contributed by atoms with Gasteiger partial charge in [-0.05, 0) is 26.3 Å². The molecule has 1 aromatic rings. The van der Waals surface area contributed by atoms with Crippen LogP contribution in [0.3, 0.4) is 0 Å². The number of hydrogen-bond donors (Lipinski definition) is 0. The monoisotopic (exact) mass is 267 g/mol. The van der Waals surface area contributed by atoms with E-state index < -0.39 is 0 Å². The fourth-order valence-electron chi connectivity index (χ4n) is 2.50. The first-order valence-electron chi connectivity index (χ1n) is 6.59. The first-order valence-corrected chi connectivity index (χ1v) is 6.59. The van der Waals surface area contributed by atoms with Crippen molar-refractivity contribution in [2.75, 3.05) is 13.1 Å². The molecule has 0 aliphatic carbocycles. The van der Waals surface area contributed by atoms with Crippen LogP contribution < -0.4 is 0 Å². The van der Waals surface area contributed by atoms with Crippen LogP contribution in [-0.2, 0) is 0 Å². The Morgan fingerprint density at radius 2 is 2.00 bits per heavy atom. The highest BCUT2D eigenvalue weighted by Crippen LogP contribution is 2.17. The predicted octanol–water partition coefficient (Wildman–Crippen LogP) is 3.56. The summed E-state index contributed by atoms with van der Waals surface area (Å²) in [5.41, 5.74) is 0.845. The molecule has 1 fully saturated rings. The number of carbonyl (C=O) groups is 1. The summed E-state index contributed by atoms with van der Waals surface area (Å²) in [6, 6.07) is 10.3. The second kappa shape index (κ2) is 7.55. The molecular weight excluding hydrogens is 246 g/mol. The molecule has 3 heteroatoms. The number of piperidine rings is 1. The van der Waals surface area contributed by atoms with Crippen molar-refractivity contribution in [3.05, 3.63) is 35.9 Å². The molecule has 0 spiro atoms. The van der Waals surface area contributed by atoms with Gasteiger partial charge in [-0.15, -0.1) is 12.4 Å². The predicted molar refractivity (Wildman–Crippen MR) is 77.5 cm³/mol. The van der Waals surface area contributed by atoms with Gasteiger partial charge in [0.15, 0.2) is 5.78 Å². The van der Waals surface area contributed by atoms with Gasteiger partial charge in [-0.1, -0.05) is 36.8 Å². The van der Waals surface area contributed by atoms with Gasteiger partial charge in [-0.2, -0.15) is 0 Å². The van der Waals surface area contributed by atoms with E-state index in [-0.39, 0.29) is 18.2 Å². The summed E-state index contributed by atoms with van der Waals surface area (Å²) in [6.45, 7) is 4.34. The molecule has 0 bridgehead atoms. The van der Waals surface area contributed by atoms with E-state index in [4.69, 9.17) is 0 Å². The number of benzene rings is 1. The van der Waals surface area contributed by atoms with E-state index in [0.717, 1.165) is 18.7 Å². The zero-order chi connectivity index (χ0) is 12.1. The SMILES string of the molecule is CC1CCCCN1CCC(=O)c1ccccc1.Cl. The van der Waals surface area contributed by atoms with E-state index in [9.17, 15) is 4.79 Å². The Kier molecular flexibility index (Phi) is 6.37. The summed E-state index contributed by atoms with van der Waals surface area (Å²) in [4.78, 5) is 14.4. The maximum absolute atomic E-state index is 12.0. The van der Waals surface area contributed by atoms with Crippen LogP contribution in [0.4, 0.5) is 0 Å². The average Bonchev–Trinajstić information content (AvgIpc) is 2.38. The van der Waals surface area contributed by atoms with Gasteiger partial charge in [0.2, 0.25) is 0 Å². The number of rotatable bonds is 4. The van der Waals surface area contributed by atoms with Gasteiger partial charge in [-0.3, -0.25) is 4.79 Å². The van der Waals surface area contributed by atoms with Crippen LogP contribution in [0.5, 0.6) is 0 Å². The maximum Gasteiger partial charge on any atom is 0.164 e. The van der Waals surface area contributed by atoms with Gasteiger partial charge in [0.05, 0.1) is 0 Å². The minimum atomic E-state index is 0. The smallest absolute Gasteiger partial charge is 0.164 e. The van der Waals surface area contributed by atoms with Crippen molar-refractivity contribution < 1.29 is 4.79 Å². The van der Waals surface area contributed by atoms with Crippen molar-refractivity contribution in [1.29, 1.82) is 0 Å². The molecule has 0 radical (unpaired) electrons. The fraction of sp³-hybridized carbons (Fsp3) is 0.533. The molecule has 1 aromatic carbocycles. The highest BCUT2D eigenvalue weighted by Gasteiger charge is 2.18. The van der Waals surface area contributed by atoms with Gasteiger partial charge < -0.3 is 4.90 Å². The third-order valence-corrected chi connectivity index (χ3v) is 3.66. The number of likely N-dealkylation sites (tertiary alicyclic amines) is 1. The van der Waals surface area contributed by atoms with Crippen molar-refractivity contribution in [3.63, 3.8) is 0 Å². The molecular formula is C15H22ClNO. The Hall–Kier alpha value is -0.860. The summed E-state index contributed by atoms with van der Waals surface area (Å²) in [6.07, 6.45) is 4.54. The van der Waals surface area contributed by atoms with E-state index in [1.807, 2.05) is 30.3 Å². The molecule has 18 heavy (non-hydrogen) atoms. The van der Waals surface area contributed by atoms with Crippen LogP contribution >= 0.6 is 12.4 Å². The van der Waals surface area contributed by atoms with E-state index in [0.29, 0.717) is 12.5 Å². The second-order valence-electron chi connectivity index (χ2n) is 4.92. The molecule has 1 unspecified atom stereocenters. The van der Waals surface area contributed by atoms with Crippen molar-refractivity contribution in [3.8, 4) is 0 Å². The normalized spacial score (nSPS) is 20.2. The van der Waals surface area contributed by atoms with Gasteiger partial charge >= 0.3 is 0 Å². The van der Waals surface area contributed by atoms with E-state index in [1.165, 1.54) is 19.3 Å². The summed E-state index contributed by atoms with van der Waals surface area (Å²) < 4.78 is 0. The van der Waals surface area contributed by atoms with Gasteiger partial charge in [0.25, 0.3) is 0 Å². The fourth-order valence-corrected chi connectivity index (χ4v) is 2.50. The maximum atomic E-state index is 12.0. The lowest BCUT2D eigenvalue weighted by atomic mass is 10.0. The third kappa shape index (κ3) is 4.11. The molecule has 1 heterocycles. The lowest BCUT2D eigenvalue weighted by Gasteiger charge is -2.33. The van der Waals surface area contributed by atoms with Gasteiger partial charge in [-0.25, -0.2) is 0 Å². The molecule has 100 valence electrons. The van der Waals surface area contributed by atoms with Crippen molar-refractivity contribution >= 4 is 18.2 Å². The number of Topliss-reactive ketones (excluding diaryl/α,β-unsaturated/α-hetero) is 1. The molecule has 2 rings (SSSR count). The highest BCUT2D eigenvalue weighted by atomic mass is 35.5. The minimum absolute atomic E-state index is 0. The Morgan fingerprint density at radius 1 is 1.28 bits per heavy atom. The van der Waals surface area contributed by atoms with Crippen molar-refractivity contribution in [1.82, 2.24) is 4.90 Å². The molecule has 2 nitrogen and oxygen atoms in total. The molecule has 0 aromatic heterocycles. The summed E-state index contributed by atoms with van der Waals surface area (Å²) >= 11 is 0. The summed E-state index contributed by atoms with van der Waals surface area (Å²) in [5.74, 6) is 0.267. The zero-order valence-electron chi connectivity index (χ0n) is 11.0. The average molecular weight is 268 g/mol. The number of hydrogen-bond acceptors (Lipinski definition) is 2. The van der Waals surface area contributed by atoms with E-state index in [2.05, 4.69) is 11.8 Å². The minimum Gasteiger partial charge on any atom is -0.300 e. The number of halogens is 1. The molecule has 0 amide bonds. The van der Waals surface area contributed by atoms with E-state index >= 15 is 0 Å². The molecule has 1 atom stereocenters. The standard InChI is InChI=1S/C15H21NO.ClH/c1-13-7-5-6-11-16(13)12-10-15(17)14-8-3-2-4-9-14;/h2-4,8-9,13H,5-7,10-12H2,1H3;1H. The largest absolute Gasteiger partial charge is 0.300 e. The van der Waals surface area contributed by atoms with Crippen LogP contribution in [-0.4, -0.2) is 29.8 Å². The Bertz CT molecular complexity index is 366. The Morgan fingerprint density at radius 3 is 2.67 bits per heavy atom. The summed E-state index contributed by atoms with van der Waals surface area (Å²) in [5, 5.41) is 0. The van der Waals surface area contributed by atoms with Crippen LogP contribution in [0, 0.1) is 0 Å². The Labute approximate surface area is 116 Å². The molecule has 1 aliphatic rings. The van der Waals surface area contributed by atoms with Gasteiger partial charge in [0, 0.05) is 24.6 Å². The Balaban J connectivity index is 0.00000162. The first-order chi connectivity index (χ1) is 8.27. The first kappa shape index (κ1) is 15.2. The van der Waals surface area contributed by atoms with Crippen LogP contribution in [0.1, 0.15) is 43.0 Å². The number of nitrogens with zero attached hydrogens (tertiary/aromatic N) is 1.